The lowest BCUT2D eigenvalue weighted by Crippen LogP contribution is -2.17. The zero-order chi connectivity index (χ0) is 14.4. The summed E-state index contributed by atoms with van der Waals surface area (Å²) in [5.41, 5.74) is 1.89. The van der Waals surface area contributed by atoms with E-state index < -0.39 is 6.41 Å². The number of nitrogens with one attached hydrogen (secondary N) is 1. The predicted molar refractivity (Wildman–Crippen MR) is 80.1 cm³/mol. The van der Waals surface area contributed by atoms with Gasteiger partial charge in [0, 0.05) is 31.3 Å². The molecule has 0 aliphatic rings. The lowest BCUT2D eigenvalue weighted by molar-refractivity contribution is -0.189. The standard InChI is InChI=1S/C14H20N4O2/c1-4-19-14(20-5-2)18-13-8-12(16-10-15-3)7-6-11(13)9-17-18/h6-10,14H,4-5H2,1-3H3,(H,15,16). The molecule has 0 atom stereocenters. The summed E-state index contributed by atoms with van der Waals surface area (Å²) in [5, 5.41) is 8.49. The first kappa shape index (κ1) is 14.5. The van der Waals surface area contributed by atoms with Crippen LogP contribution >= 0.6 is 0 Å². The fourth-order valence-electron chi connectivity index (χ4n) is 1.91. The molecule has 0 aliphatic carbocycles. The second-order valence-electron chi connectivity index (χ2n) is 4.11. The number of fused-ring (bicyclic) bond motifs is 1. The van der Waals surface area contributed by atoms with Crippen molar-refractivity contribution in [2.45, 2.75) is 20.3 Å². The minimum atomic E-state index is -0.502. The summed E-state index contributed by atoms with van der Waals surface area (Å²) in [5.74, 6) is 0. The van der Waals surface area contributed by atoms with Crippen molar-refractivity contribution in [2.24, 2.45) is 4.99 Å². The van der Waals surface area contributed by atoms with Crippen LogP contribution in [-0.2, 0) is 9.47 Å². The third-order valence-corrected chi connectivity index (χ3v) is 2.78. The molecule has 1 N–H and O–H groups in total. The van der Waals surface area contributed by atoms with Crippen LogP contribution in [0.25, 0.3) is 10.9 Å². The highest BCUT2D eigenvalue weighted by Crippen LogP contribution is 2.23. The molecule has 1 heterocycles. The molecule has 1 aromatic heterocycles. The Labute approximate surface area is 118 Å². The van der Waals surface area contributed by atoms with E-state index in [1.165, 1.54) is 0 Å². The summed E-state index contributed by atoms with van der Waals surface area (Å²) in [6.45, 7) is 4.99. The van der Waals surface area contributed by atoms with Crippen LogP contribution in [0, 0.1) is 0 Å². The summed E-state index contributed by atoms with van der Waals surface area (Å²) in [6.07, 6.45) is 2.94. The van der Waals surface area contributed by atoms with Crippen molar-refractivity contribution < 1.29 is 9.47 Å². The average molecular weight is 276 g/mol. The van der Waals surface area contributed by atoms with Gasteiger partial charge in [0.05, 0.1) is 18.1 Å². The van der Waals surface area contributed by atoms with Gasteiger partial charge in [-0.1, -0.05) is 0 Å². The van der Waals surface area contributed by atoms with E-state index in [9.17, 15) is 0 Å². The van der Waals surface area contributed by atoms with Gasteiger partial charge < -0.3 is 14.8 Å². The molecule has 0 aliphatic heterocycles. The zero-order valence-electron chi connectivity index (χ0n) is 12.0. The van der Waals surface area contributed by atoms with E-state index in [1.54, 1.807) is 24.3 Å². The second kappa shape index (κ2) is 7.02. The SMILES string of the molecule is CCOC(OCC)n1ncc2ccc(NC=NC)cc21. The molecular weight excluding hydrogens is 256 g/mol. The molecule has 0 amide bonds. The molecule has 0 bridgehead atoms. The molecule has 20 heavy (non-hydrogen) atoms. The zero-order valence-corrected chi connectivity index (χ0v) is 12.0. The quantitative estimate of drug-likeness (QED) is 0.480. The third kappa shape index (κ3) is 3.15. The summed E-state index contributed by atoms with van der Waals surface area (Å²) >= 11 is 0. The van der Waals surface area contributed by atoms with E-state index in [0.29, 0.717) is 13.2 Å². The highest BCUT2D eigenvalue weighted by Gasteiger charge is 2.14. The van der Waals surface area contributed by atoms with Crippen molar-refractivity contribution in [2.75, 3.05) is 25.6 Å². The molecule has 6 heteroatoms. The van der Waals surface area contributed by atoms with Crippen molar-refractivity contribution in [1.82, 2.24) is 9.78 Å². The maximum atomic E-state index is 5.59. The average Bonchev–Trinajstić information content (AvgIpc) is 2.88. The smallest absolute Gasteiger partial charge is 0.260 e. The van der Waals surface area contributed by atoms with Crippen molar-refractivity contribution in [3.8, 4) is 0 Å². The highest BCUT2D eigenvalue weighted by atomic mass is 16.7. The third-order valence-electron chi connectivity index (χ3n) is 2.78. The summed E-state index contributed by atoms with van der Waals surface area (Å²) in [6, 6.07) is 5.97. The van der Waals surface area contributed by atoms with E-state index in [0.717, 1.165) is 16.6 Å². The van der Waals surface area contributed by atoms with Gasteiger partial charge in [0.2, 0.25) is 0 Å². The molecule has 0 saturated carbocycles. The Morgan fingerprint density at radius 1 is 1.35 bits per heavy atom. The topological polar surface area (TPSA) is 60.7 Å². The Bertz CT molecular complexity index is 574. The summed E-state index contributed by atoms with van der Waals surface area (Å²) in [4.78, 5) is 3.91. The van der Waals surface area contributed by atoms with Gasteiger partial charge in [0.15, 0.2) is 0 Å². The normalized spacial score (nSPS) is 11.8. The van der Waals surface area contributed by atoms with Crippen LogP contribution in [0.4, 0.5) is 5.69 Å². The van der Waals surface area contributed by atoms with Gasteiger partial charge in [-0.05, 0) is 32.0 Å². The molecule has 0 unspecified atom stereocenters. The Morgan fingerprint density at radius 3 is 2.75 bits per heavy atom. The van der Waals surface area contributed by atoms with E-state index in [4.69, 9.17) is 9.47 Å². The lowest BCUT2D eigenvalue weighted by atomic mass is 10.2. The van der Waals surface area contributed by atoms with E-state index >= 15 is 0 Å². The fourth-order valence-corrected chi connectivity index (χ4v) is 1.91. The van der Waals surface area contributed by atoms with Crippen molar-refractivity contribution in [3.05, 3.63) is 24.4 Å². The van der Waals surface area contributed by atoms with Crippen LogP contribution in [0.5, 0.6) is 0 Å². The van der Waals surface area contributed by atoms with Crippen LogP contribution in [0.1, 0.15) is 20.3 Å². The number of hydrogen-bond donors (Lipinski definition) is 1. The Morgan fingerprint density at radius 2 is 2.10 bits per heavy atom. The molecular formula is C14H20N4O2. The molecule has 1 aromatic carbocycles. The molecule has 0 fully saturated rings. The number of benzene rings is 1. The largest absolute Gasteiger partial charge is 0.347 e. The van der Waals surface area contributed by atoms with Crippen LogP contribution in [0.2, 0.25) is 0 Å². The van der Waals surface area contributed by atoms with E-state index in [-0.39, 0.29) is 0 Å². The number of hydrogen-bond acceptors (Lipinski definition) is 4. The van der Waals surface area contributed by atoms with E-state index in [1.807, 2.05) is 32.0 Å². The number of anilines is 1. The molecule has 0 spiro atoms. The Balaban J connectivity index is 2.36. The first-order valence-electron chi connectivity index (χ1n) is 6.67. The van der Waals surface area contributed by atoms with Gasteiger partial charge in [-0.2, -0.15) is 5.10 Å². The number of rotatable bonds is 7. The monoisotopic (exact) mass is 276 g/mol. The number of aliphatic imine (C=N–C) groups is 1. The highest BCUT2D eigenvalue weighted by molar-refractivity contribution is 5.86. The Kier molecular flexibility index (Phi) is 5.09. The first-order chi connectivity index (χ1) is 9.80. The molecule has 0 radical (unpaired) electrons. The van der Waals surface area contributed by atoms with Crippen LogP contribution in [-0.4, -0.2) is 36.4 Å². The summed E-state index contributed by atoms with van der Waals surface area (Å²) in [7, 11) is 1.72. The van der Waals surface area contributed by atoms with Gasteiger partial charge in [-0.25, -0.2) is 4.68 Å². The Hall–Kier alpha value is -1.92. The molecule has 2 rings (SSSR count). The minimum absolute atomic E-state index is 0.502. The number of nitrogens with zero attached hydrogens (tertiary/aromatic N) is 3. The van der Waals surface area contributed by atoms with Crippen LogP contribution < -0.4 is 5.32 Å². The number of aromatic nitrogens is 2. The van der Waals surface area contributed by atoms with Gasteiger partial charge in [-0.15, -0.1) is 0 Å². The van der Waals surface area contributed by atoms with Crippen LogP contribution in [0.3, 0.4) is 0 Å². The lowest BCUT2D eigenvalue weighted by Gasteiger charge is -2.18. The van der Waals surface area contributed by atoms with Crippen LogP contribution in [0.15, 0.2) is 29.4 Å². The maximum absolute atomic E-state index is 5.59. The number of ether oxygens (including phenoxy) is 2. The van der Waals surface area contributed by atoms with Gasteiger partial charge in [0.25, 0.3) is 6.41 Å². The predicted octanol–water partition coefficient (Wildman–Crippen LogP) is 2.64. The summed E-state index contributed by atoms with van der Waals surface area (Å²) < 4.78 is 12.9. The van der Waals surface area contributed by atoms with Gasteiger partial charge in [-0.3, -0.25) is 4.99 Å². The minimum Gasteiger partial charge on any atom is -0.347 e. The maximum Gasteiger partial charge on any atom is 0.260 e. The molecule has 0 saturated heterocycles. The second-order valence-corrected chi connectivity index (χ2v) is 4.11. The van der Waals surface area contributed by atoms with Gasteiger partial charge >= 0.3 is 0 Å². The van der Waals surface area contributed by atoms with Crippen molar-refractivity contribution >= 4 is 22.9 Å². The molecule has 6 nitrogen and oxygen atoms in total. The van der Waals surface area contributed by atoms with E-state index in [2.05, 4.69) is 15.4 Å². The van der Waals surface area contributed by atoms with Crippen molar-refractivity contribution in [3.63, 3.8) is 0 Å². The van der Waals surface area contributed by atoms with Crippen molar-refractivity contribution in [1.29, 1.82) is 0 Å². The first-order valence-corrected chi connectivity index (χ1v) is 6.67. The fraction of sp³-hybridized carbons (Fsp3) is 0.429. The van der Waals surface area contributed by atoms with Gasteiger partial charge in [0.1, 0.15) is 0 Å². The molecule has 108 valence electrons. The molecule has 2 aromatic rings.